The summed E-state index contributed by atoms with van der Waals surface area (Å²) in [5.74, 6) is 0. The monoisotopic (exact) mass is 200 g/mol. The molecule has 0 radical (unpaired) electrons. The number of aliphatic hydroxyl groups is 2. The maximum absolute atomic E-state index is 9.55. The summed E-state index contributed by atoms with van der Waals surface area (Å²) in [7, 11) is 1.77. The molecule has 0 spiro atoms. The van der Waals surface area contributed by atoms with Crippen molar-refractivity contribution in [2.75, 3.05) is 18.5 Å². The third-order valence-electron chi connectivity index (χ3n) is 1.65. The van der Waals surface area contributed by atoms with Crippen molar-refractivity contribution in [1.29, 1.82) is 0 Å². The number of anilines is 1. The molecule has 0 aliphatic heterocycles. The van der Waals surface area contributed by atoms with Crippen LogP contribution in [0.3, 0.4) is 0 Å². The molecule has 0 amide bonds. The van der Waals surface area contributed by atoms with Crippen molar-refractivity contribution < 1.29 is 14.6 Å². The molecule has 0 saturated heterocycles. The fourth-order valence-corrected chi connectivity index (χ4v) is 1.19. The van der Waals surface area contributed by atoms with E-state index < -0.39 is 5.60 Å². The fourth-order valence-electron chi connectivity index (χ4n) is 1.19. The molecule has 2 N–H and O–H groups in total. The molecule has 0 saturated carbocycles. The lowest BCUT2D eigenvalue weighted by Crippen LogP contribution is -2.36. The highest BCUT2D eigenvalue weighted by molar-refractivity contribution is 5.25. The Morgan fingerprint density at radius 2 is 2.21 bits per heavy atom. The highest BCUT2D eigenvalue weighted by Crippen LogP contribution is 2.14. The molecule has 0 aromatic carbocycles. The Kier molecular flexibility index (Phi) is 3.13. The van der Waals surface area contributed by atoms with Gasteiger partial charge in [-0.3, -0.25) is 0 Å². The van der Waals surface area contributed by atoms with Crippen LogP contribution in [0, 0.1) is 0 Å². The van der Waals surface area contributed by atoms with Gasteiger partial charge in [0.15, 0.2) is 0 Å². The Labute approximate surface area is 83.0 Å². The molecule has 0 atom stereocenters. The molecular formula is C9H16N2O3. The minimum absolute atomic E-state index is 0.139. The summed E-state index contributed by atoms with van der Waals surface area (Å²) >= 11 is 0. The minimum atomic E-state index is -0.803. The van der Waals surface area contributed by atoms with Crippen molar-refractivity contribution in [3.05, 3.63) is 12.0 Å². The average molecular weight is 200 g/mol. The van der Waals surface area contributed by atoms with Crippen molar-refractivity contribution in [2.45, 2.75) is 26.1 Å². The molecule has 0 bridgehead atoms. The summed E-state index contributed by atoms with van der Waals surface area (Å²) in [5, 5.41) is 18.3. The Hall–Kier alpha value is -1.07. The number of likely N-dealkylation sites (N-methyl/N-ethyl adjacent to an activating group) is 1. The lowest BCUT2D eigenvalue weighted by molar-refractivity contribution is 0.0875. The molecule has 0 unspecified atom stereocenters. The number of oxazole rings is 1. The Balaban J connectivity index is 2.65. The van der Waals surface area contributed by atoms with E-state index in [9.17, 15) is 5.11 Å². The third kappa shape index (κ3) is 3.01. The summed E-state index contributed by atoms with van der Waals surface area (Å²) < 4.78 is 5.11. The van der Waals surface area contributed by atoms with E-state index in [4.69, 9.17) is 9.52 Å². The number of aromatic nitrogens is 1. The van der Waals surface area contributed by atoms with Crippen molar-refractivity contribution in [1.82, 2.24) is 4.98 Å². The number of aliphatic hydroxyl groups excluding tert-OH is 1. The molecule has 14 heavy (non-hydrogen) atoms. The lowest BCUT2D eigenvalue weighted by atomic mass is 10.1. The summed E-state index contributed by atoms with van der Waals surface area (Å²) in [4.78, 5) is 5.70. The topological polar surface area (TPSA) is 69.7 Å². The zero-order chi connectivity index (χ0) is 10.8. The van der Waals surface area contributed by atoms with Crippen LogP contribution in [0.25, 0.3) is 0 Å². The second-order valence-electron chi connectivity index (χ2n) is 3.95. The molecule has 0 fully saturated rings. The van der Waals surface area contributed by atoms with E-state index in [1.165, 1.54) is 6.26 Å². The molecule has 80 valence electrons. The number of hydrogen-bond donors (Lipinski definition) is 2. The van der Waals surface area contributed by atoms with Crippen molar-refractivity contribution >= 4 is 6.01 Å². The molecule has 0 aliphatic carbocycles. The first-order valence-corrected chi connectivity index (χ1v) is 4.41. The molecule has 5 nitrogen and oxygen atoms in total. The molecular weight excluding hydrogens is 184 g/mol. The van der Waals surface area contributed by atoms with E-state index in [0.29, 0.717) is 18.3 Å². The van der Waals surface area contributed by atoms with E-state index in [2.05, 4.69) is 4.98 Å². The standard InChI is InChI=1S/C9H16N2O3/c1-9(2,13)6-11(3)8-10-7(4-12)5-14-8/h5,12-13H,4,6H2,1-3H3. The largest absolute Gasteiger partial charge is 0.432 e. The van der Waals surface area contributed by atoms with Gasteiger partial charge in [-0.05, 0) is 13.8 Å². The van der Waals surface area contributed by atoms with Gasteiger partial charge in [-0.2, -0.15) is 4.98 Å². The van der Waals surface area contributed by atoms with Crippen molar-refractivity contribution in [3.8, 4) is 0 Å². The van der Waals surface area contributed by atoms with Gasteiger partial charge in [0, 0.05) is 7.05 Å². The van der Waals surface area contributed by atoms with Gasteiger partial charge >= 0.3 is 0 Å². The Morgan fingerprint density at radius 3 is 2.64 bits per heavy atom. The third-order valence-corrected chi connectivity index (χ3v) is 1.65. The first-order chi connectivity index (χ1) is 6.42. The quantitative estimate of drug-likeness (QED) is 0.735. The van der Waals surface area contributed by atoms with Crippen molar-refractivity contribution in [2.24, 2.45) is 0 Å². The predicted octanol–water partition coefficient (Wildman–Crippen LogP) is 0.374. The van der Waals surface area contributed by atoms with Crippen LogP contribution in [-0.4, -0.2) is 34.4 Å². The highest BCUT2D eigenvalue weighted by atomic mass is 16.4. The fraction of sp³-hybridized carbons (Fsp3) is 0.667. The van der Waals surface area contributed by atoms with E-state index >= 15 is 0 Å². The van der Waals surface area contributed by atoms with Crippen LogP contribution in [0.15, 0.2) is 10.7 Å². The van der Waals surface area contributed by atoms with E-state index in [-0.39, 0.29) is 6.61 Å². The van der Waals surface area contributed by atoms with Gasteiger partial charge in [0.2, 0.25) is 0 Å². The lowest BCUT2D eigenvalue weighted by Gasteiger charge is -2.23. The van der Waals surface area contributed by atoms with Crippen LogP contribution in [-0.2, 0) is 6.61 Å². The maximum atomic E-state index is 9.55. The zero-order valence-corrected chi connectivity index (χ0v) is 8.69. The van der Waals surface area contributed by atoms with E-state index in [0.717, 1.165) is 0 Å². The van der Waals surface area contributed by atoms with Crippen LogP contribution >= 0.6 is 0 Å². The molecule has 5 heteroatoms. The number of nitrogens with zero attached hydrogens (tertiary/aromatic N) is 2. The molecule has 1 rings (SSSR count). The Morgan fingerprint density at radius 1 is 1.57 bits per heavy atom. The van der Waals surface area contributed by atoms with Gasteiger partial charge in [0.25, 0.3) is 6.01 Å². The van der Waals surface area contributed by atoms with Gasteiger partial charge in [-0.15, -0.1) is 0 Å². The van der Waals surface area contributed by atoms with Crippen LogP contribution < -0.4 is 4.90 Å². The first-order valence-electron chi connectivity index (χ1n) is 4.41. The molecule has 1 heterocycles. The predicted molar refractivity (Wildman–Crippen MR) is 52.0 cm³/mol. The van der Waals surface area contributed by atoms with E-state index in [1.807, 2.05) is 0 Å². The van der Waals surface area contributed by atoms with Gasteiger partial charge in [-0.1, -0.05) is 0 Å². The van der Waals surface area contributed by atoms with Gasteiger partial charge in [0.05, 0.1) is 18.8 Å². The maximum Gasteiger partial charge on any atom is 0.297 e. The van der Waals surface area contributed by atoms with Crippen LogP contribution in [0.4, 0.5) is 6.01 Å². The van der Waals surface area contributed by atoms with Crippen LogP contribution in [0.2, 0.25) is 0 Å². The number of hydrogen-bond acceptors (Lipinski definition) is 5. The van der Waals surface area contributed by atoms with Gasteiger partial charge < -0.3 is 19.5 Å². The second-order valence-corrected chi connectivity index (χ2v) is 3.95. The molecule has 1 aromatic heterocycles. The SMILES string of the molecule is CN(CC(C)(C)O)c1nc(CO)co1. The van der Waals surface area contributed by atoms with Gasteiger partial charge in [0.1, 0.15) is 12.0 Å². The number of rotatable bonds is 4. The van der Waals surface area contributed by atoms with Crippen LogP contribution in [0.1, 0.15) is 19.5 Å². The van der Waals surface area contributed by atoms with E-state index in [1.54, 1.807) is 25.8 Å². The first kappa shape index (κ1) is 11.0. The summed E-state index contributed by atoms with van der Waals surface area (Å²) in [6.07, 6.45) is 1.40. The minimum Gasteiger partial charge on any atom is -0.432 e. The highest BCUT2D eigenvalue weighted by Gasteiger charge is 2.18. The normalized spacial score (nSPS) is 11.8. The second kappa shape index (κ2) is 3.98. The zero-order valence-electron chi connectivity index (χ0n) is 8.69. The van der Waals surface area contributed by atoms with Gasteiger partial charge in [-0.25, -0.2) is 0 Å². The van der Waals surface area contributed by atoms with Crippen LogP contribution in [0.5, 0.6) is 0 Å². The summed E-state index contributed by atoms with van der Waals surface area (Å²) in [6, 6.07) is 0.399. The molecule has 1 aromatic rings. The summed E-state index contributed by atoms with van der Waals surface area (Å²) in [6.45, 7) is 3.69. The summed E-state index contributed by atoms with van der Waals surface area (Å²) in [5.41, 5.74) is -0.314. The smallest absolute Gasteiger partial charge is 0.297 e. The average Bonchev–Trinajstić information content (AvgIpc) is 2.48. The van der Waals surface area contributed by atoms with Crippen molar-refractivity contribution in [3.63, 3.8) is 0 Å². The molecule has 0 aliphatic rings. The Bertz CT molecular complexity index is 290.